The third kappa shape index (κ3) is 6.22. The summed E-state index contributed by atoms with van der Waals surface area (Å²) in [7, 11) is 0. The van der Waals surface area contributed by atoms with Gasteiger partial charge in [-0.2, -0.15) is 0 Å². The monoisotopic (exact) mass is 474 g/mol. The maximum absolute atomic E-state index is 11.7. The van der Waals surface area contributed by atoms with Crippen LogP contribution in [-0.2, 0) is 17.9 Å². The number of hydrogen-bond donors (Lipinski definition) is 1. The molecule has 162 valence electrons. The summed E-state index contributed by atoms with van der Waals surface area (Å²) in [4.78, 5) is 13.6. The fraction of sp³-hybridized carbons (Fsp3) is 0.458. The lowest BCUT2D eigenvalue weighted by molar-refractivity contribution is -0.127. The molecule has 1 amide bonds. The summed E-state index contributed by atoms with van der Waals surface area (Å²) < 4.78 is 12.9. The number of aryl methyl sites for hydroxylation is 1. The molecule has 3 rings (SSSR count). The van der Waals surface area contributed by atoms with Gasteiger partial charge in [0.05, 0.1) is 11.1 Å². The zero-order valence-corrected chi connectivity index (χ0v) is 19.5. The Kier molecular flexibility index (Phi) is 8.58. The van der Waals surface area contributed by atoms with E-state index in [1.165, 1.54) is 5.56 Å². The zero-order valence-electron chi connectivity index (χ0n) is 17.9. The lowest BCUT2D eigenvalue weighted by atomic mass is 10.1. The molecule has 0 aliphatic carbocycles. The van der Waals surface area contributed by atoms with Crippen LogP contribution in [0.4, 0.5) is 0 Å². The zero-order chi connectivity index (χ0) is 21.3. The molecule has 2 aromatic rings. The van der Waals surface area contributed by atoms with E-state index < -0.39 is 0 Å². The Morgan fingerprint density at radius 3 is 2.77 bits per heavy atom. The second kappa shape index (κ2) is 11.4. The van der Waals surface area contributed by atoms with Gasteiger partial charge in [0.25, 0.3) is 0 Å². The first-order valence-corrected chi connectivity index (χ1v) is 11.5. The summed E-state index contributed by atoms with van der Waals surface area (Å²) >= 11 is 3.66. The molecule has 2 aromatic carbocycles. The van der Waals surface area contributed by atoms with E-state index in [-0.39, 0.29) is 0 Å². The number of halogens is 1. The molecule has 1 aliphatic rings. The Bertz CT molecular complexity index is 856. The number of rotatable bonds is 11. The molecular weight excluding hydrogens is 444 g/mol. The van der Waals surface area contributed by atoms with Crippen molar-refractivity contribution in [1.29, 1.82) is 0 Å². The van der Waals surface area contributed by atoms with Crippen LogP contribution >= 0.6 is 15.9 Å². The highest BCUT2D eigenvalue weighted by Crippen LogP contribution is 2.37. The fourth-order valence-corrected chi connectivity index (χ4v) is 4.22. The largest absolute Gasteiger partial charge is 0.490 e. The van der Waals surface area contributed by atoms with Crippen molar-refractivity contribution in [2.45, 2.75) is 46.3 Å². The Balaban J connectivity index is 1.55. The first kappa shape index (κ1) is 22.6. The molecule has 1 heterocycles. The molecule has 1 N–H and O–H groups in total. The van der Waals surface area contributed by atoms with E-state index in [2.05, 4.69) is 46.4 Å². The highest BCUT2D eigenvalue weighted by molar-refractivity contribution is 9.10. The van der Waals surface area contributed by atoms with Gasteiger partial charge in [0.1, 0.15) is 6.61 Å². The number of likely N-dealkylation sites (tertiary alicyclic amines) is 1. The lowest BCUT2D eigenvalue weighted by Crippen LogP contribution is -2.28. The van der Waals surface area contributed by atoms with Crippen molar-refractivity contribution in [3.63, 3.8) is 0 Å². The van der Waals surface area contributed by atoms with Crippen molar-refractivity contribution in [3.05, 3.63) is 57.6 Å². The number of nitrogens with one attached hydrogen (secondary N) is 1. The SMILES string of the molecule is CCOc1cc(CNCCCN2CCCC2=O)cc(Br)c1OCc1ccccc1C. The smallest absolute Gasteiger partial charge is 0.222 e. The number of benzene rings is 2. The van der Waals surface area contributed by atoms with E-state index in [1.54, 1.807) is 0 Å². The number of ether oxygens (including phenoxy) is 2. The summed E-state index contributed by atoms with van der Waals surface area (Å²) in [6.07, 6.45) is 2.67. The van der Waals surface area contributed by atoms with Crippen LogP contribution in [0.5, 0.6) is 11.5 Å². The van der Waals surface area contributed by atoms with Crippen molar-refractivity contribution >= 4 is 21.8 Å². The summed E-state index contributed by atoms with van der Waals surface area (Å²) in [6, 6.07) is 12.3. The van der Waals surface area contributed by atoms with Gasteiger partial charge < -0.3 is 19.7 Å². The molecule has 1 fully saturated rings. The van der Waals surface area contributed by atoms with Gasteiger partial charge in [0.2, 0.25) is 5.91 Å². The van der Waals surface area contributed by atoms with Crippen LogP contribution in [0.15, 0.2) is 40.9 Å². The average Bonchev–Trinajstić information content (AvgIpc) is 3.13. The maximum Gasteiger partial charge on any atom is 0.222 e. The Hall–Kier alpha value is -2.05. The number of amides is 1. The predicted octanol–water partition coefficient (Wildman–Crippen LogP) is 4.84. The van der Waals surface area contributed by atoms with Gasteiger partial charge in [-0.15, -0.1) is 0 Å². The fourth-order valence-electron chi connectivity index (χ4n) is 3.62. The van der Waals surface area contributed by atoms with E-state index in [0.29, 0.717) is 25.5 Å². The molecule has 6 heteroatoms. The van der Waals surface area contributed by atoms with Gasteiger partial charge in [-0.1, -0.05) is 24.3 Å². The van der Waals surface area contributed by atoms with E-state index in [9.17, 15) is 4.79 Å². The minimum absolute atomic E-state index is 0.293. The van der Waals surface area contributed by atoms with Crippen molar-refractivity contribution in [2.24, 2.45) is 0 Å². The van der Waals surface area contributed by atoms with Gasteiger partial charge in [0, 0.05) is 26.1 Å². The highest BCUT2D eigenvalue weighted by Gasteiger charge is 2.19. The van der Waals surface area contributed by atoms with E-state index in [0.717, 1.165) is 66.1 Å². The van der Waals surface area contributed by atoms with Crippen molar-refractivity contribution in [1.82, 2.24) is 10.2 Å². The molecule has 0 unspecified atom stereocenters. The van der Waals surface area contributed by atoms with Gasteiger partial charge in [0.15, 0.2) is 11.5 Å². The minimum atomic E-state index is 0.293. The Morgan fingerprint density at radius 1 is 1.20 bits per heavy atom. The summed E-state index contributed by atoms with van der Waals surface area (Å²) in [5.74, 6) is 1.78. The van der Waals surface area contributed by atoms with Crippen LogP contribution < -0.4 is 14.8 Å². The lowest BCUT2D eigenvalue weighted by Gasteiger charge is -2.17. The standard InChI is InChI=1S/C24H31BrN2O3/c1-3-29-22-15-19(16-26-11-7-13-27-12-6-10-23(27)28)14-21(25)24(22)30-17-20-9-5-4-8-18(20)2/h4-5,8-9,14-15,26H,3,6-7,10-13,16-17H2,1-2H3. The van der Waals surface area contributed by atoms with Crippen LogP contribution in [0.3, 0.4) is 0 Å². The second-order valence-corrected chi connectivity index (χ2v) is 8.42. The van der Waals surface area contributed by atoms with Crippen LogP contribution in [0, 0.1) is 6.92 Å². The van der Waals surface area contributed by atoms with Gasteiger partial charge in [-0.05, 0) is 78.0 Å². The van der Waals surface area contributed by atoms with Crippen molar-refractivity contribution in [3.8, 4) is 11.5 Å². The number of carbonyl (C=O) groups is 1. The maximum atomic E-state index is 11.7. The normalized spacial score (nSPS) is 13.7. The molecule has 0 spiro atoms. The van der Waals surface area contributed by atoms with Crippen molar-refractivity contribution < 1.29 is 14.3 Å². The van der Waals surface area contributed by atoms with Crippen LogP contribution in [0.25, 0.3) is 0 Å². The molecule has 1 aliphatic heterocycles. The average molecular weight is 475 g/mol. The molecule has 1 saturated heterocycles. The molecule has 0 atom stereocenters. The van der Waals surface area contributed by atoms with Gasteiger partial charge >= 0.3 is 0 Å². The van der Waals surface area contributed by atoms with Crippen LogP contribution in [0.2, 0.25) is 0 Å². The van der Waals surface area contributed by atoms with E-state index in [4.69, 9.17) is 9.47 Å². The third-order valence-electron chi connectivity index (χ3n) is 5.28. The molecular formula is C24H31BrN2O3. The van der Waals surface area contributed by atoms with Crippen LogP contribution in [0.1, 0.15) is 42.9 Å². The number of hydrogen-bond acceptors (Lipinski definition) is 4. The first-order chi connectivity index (χ1) is 14.6. The van der Waals surface area contributed by atoms with E-state index >= 15 is 0 Å². The molecule has 30 heavy (non-hydrogen) atoms. The number of nitrogens with zero attached hydrogens (tertiary/aromatic N) is 1. The Morgan fingerprint density at radius 2 is 2.03 bits per heavy atom. The predicted molar refractivity (Wildman–Crippen MR) is 123 cm³/mol. The second-order valence-electron chi connectivity index (χ2n) is 7.57. The topological polar surface area (TPSA) is 50.8 Å². The minimum Gasteiger partial charge on any atom is -0.490 e. The summed E-state index contributed by atoms with van der Waals surface area (Å²) in [5.41, 5.74) is 3.50. The molecule has 0 saturated carbocycles. The summed E-state index contributed by atoms with van der Waals surface area (Å²) in [6.45, 7) is 8.50. The quantitative estimate of drug-likeness (QED) is 0.473. The van der Waals surface area contributed by atoms with E-state index in [1.807, 2.05) is 30.0 Å². The molecule has 5 nitrogen and oxygen atoms in total. The summed E-state index contributed by atoms with van der Waals surface area (Å²) in [5, 5.41) is 3.47. The van der Waals surface area contributed by atoms with Crippen LogP contribution in [-0.4, -0.2) is 37.0 Å². The molecule has 0 radical (unpaired) electrons. The number of carbonyl (C=O) groups excluding carboxylic acids is 1. The van der Waals surface area contributed by atoms with Crippen molar-refractivity contribution in [2.75, 3.05) is 26.2 Å². The highest BCUT2D eigenvalue weighted by atomic mass is 79.9. The Labute approximate surface area is 187 Å². The first-order valence-electron chi connectivity index (χ1n) is 10.7. The third-order valence-corrected chi connectivity index (χ3v) is 5.87. The van der Waals surface area contributed by atoms with Gasteiger partial charge in [-0.25, -0.2) is 0 Å². The molecule has 0 bridgehead atoms. The molecule has 0 aromatic heterocycles. The van der Waals surface area contributed by atoms with Gasteiger partial charge in [-0.3, -0.25) is 4.79 Å².